The number of fused-ring (bicyclic) bond motifs is 1. The standard InChI is InChI=1S/C34H32ClN7OS/c1-2-8-31-37-32-29(35)18-25(34(43)36-26(21-44)17-22-9-4-3-5-10-22)19-30(32)42(31)20-23-13-15-24(16-14-23)27-11-6-7-12-28(27)33-38-40-41-39-33/h3-7,9-16,18-19,26,44H,2,8,17,20-21H2,1H3,(H,36,43)(H,38,39,40,41)/t26-/m1/s1. The molecule has 0 bridgehead atoms. The number of aromatic amines is 1. The zero-order valence-corrected chi connectivity index (χ0v) is 25.9. The second-order valence-corrected chi connectivity index (χ2v) is 11.5. The molecule has 0 unspecified atom stereocenters. The Morgan fingerprint density at radius 3 is 2.43 bits per heavy atom. The van der Waals surface area contributed by atoms with E-state index in [-0.39, 0.29) is 11.9 Å². The molecule has 0 fully saturated rings. The Kier molecular flexibility index (Phi) is 9.04. The van der Waals surface area contributed by atoms with Crippen LogP contribution in [0.1, 0.15) is 40.7 Å². The van der Waals surface area contributed by atoms with Gasteiger partial charge in [-0.25, -0.2) is 4.98 Å². The van der Waals surface area contributed by atoms with Crippen molar-refractivity contribution in [1.82, 2.24) is 35.5 Å². The summed E-state index contributed by atoms with van der Waals surface area (Å²) in [5, 5.41) is 18.2. The number of carbonyl (C=O) groups is 1. The molecule has 4 aromatic carbocycles. The van der Waals surface area contributed by atoms with E-state index in [0.29, 0.717) is 40.6 Å². The number of hydrogen-bond donors (Lipinski definition) is 3. The number of nitrogens with one attached hydrogen (secondary N) is 2. The largest absolute Gasteiger partial charge is 0.348 e. The van der Waals surface area contributed by atoms with Gasteiger partial charge in [0, 0.05) is 35.9 Å². The maximum atomic E-state index is 13.4. The summed E-state index contributed by atoms with van der Waals surface area (Å²) in [6.45, 7) is 2.72. The number of amides is 1. The van der Waals surface area contributed by atoms with Crippen molar-refractivity contribution < 1.29 is 4.79 Å². The van der Waals surface area contributed by atoms with E-state index in [0.717, 1.165) is 52.0 Å². The molecule has 0 aliphatic heterocycles. The zero-order chi connectivity index (χ0) is 30.5. The minimum atomic E-state index is -0.182. The van der Waals surface area contributed by atoms with Crippen molar-refractivity contribution in [3.63, 3.8) is 0 Å². The van der Waals surface area contributed by atoms with E-state index >= 15 is 0 Å². The van der Waals surface area contributed by atoms with E-state index in [1.165, 1.54) is 0 Å². The molecule has 0 aliphatic rings. The van der Waals surface area contributed by atoms with Crippen LogP contribution in [0, 0.1) is 0 Å². The summed E-state index contributed by atoms with van der Waals surface area (Å²) in [6.07, 6.45) is 2.42. The highest BCUT2D eigenvalue weighted by Gasteiger charge is 2.19. The highest BCUT2D eigenvalue weighted by atomic mass is 35.5. The number of thiol groups is 1. The SMILES string of the molecule is CCCc1nc2c(Cl)cc(C(=O)N[C@@H](CS)Cc3ccccc3)cc2n1Cc1ccc(-c2ccccc2-c2nn[nH]n2)cc1. The second kappa shape index (κ2) is 13.4. The first kappa shape index (κ1) is 29.6. The summed E-state index contributed by atoms with van der Waals surface area (Å²) >= 11 is 11.2. The van der Waals surface area contributed by atoms with Crippen LogP contribution in [0.3, 0.4) is 0 Å². The van der Waals surface area contributed by atoms with Crippen molar-refractivity contribution in [3.8, 4) is 22.5 Å². The van der Waals surface area contributed by atoms with Gasteiger partial charge in [0.2, 0.25) is 5.82 Å². The van der Waals surface area contributed by atoms with E-state index in [1.807, 2.05) is 42.5 Å². The molecular formula is C34H32ClN7OS. The number of tetrazole rings is 1. The van der Waals surface area contributed by atoms with Gasteiger partial charge in [-0.05, 0) is 52.4 Å². The normalized spacial score (nSPS) is 12.0. The van der Waals surface area contributed by atoms with E-state index < -0.39 is 0 Å². The molecule has 2 aromatic heterocycles. The van der Waals surface area contributed by atoms with Crippen LogP contribution < -0.4 is 5.32 Å². The minimum Gasteiger partial charge on any atom is -0.348 e. The Morgan fingerprint density at radius 1 is 0.977 bits per heavy atom. The average Bonchev–Trinajstić information content (AvgIpc) is 3.71. The van der Waals surface area contributed by atoms with Crippen LogP contribution >= 0.6 is 24.2 Å². The number of halogens is 1. The molecule has 222 valence electrons. The van der Waals surface area contributed by atoms with Crippen LogP contribution in [0.2, 0.25) is 5.02 Å². The third kappa shape index (κ3) is 6.39. The van der Waals surface area contributed by atoms with Crippen molar-refractivity contribution in [3.05, 3.63) is 119 Å². The van der Waals surface area contributed by atoms with Crippen LogP contribution in [0.5, 0.6) is 0 Å². The maximum Gasteiger partial charge on any atom is 0.251 e. The van der Waals surface area contributed by atoms with E-state index in [2.05, 4.69) is 92.5 Å². The fourth-order valence-corrected chi connectivity index (χ4v) is 5.94. The molecule has 0 radical (unpaired) electrons. The van der Waals surface area contributed by atoms with Crippen LogP contribution in [0.15, 0.2) is 91.0 Å². The summed E-state index contributed by atoms with van der Waals surface area (Å²) in [6, 6.07) is 30.0. The van der Waals surface area contributed by atoms with Crippen molar-refractivity contribution >= 4 is 41.2 Å². The number of benzene rings is 4. The van der Waals surface area contributed by atoms with Crippen LogP contribution in [0.25, 0.3) is 33.5 Å². The molecule has 2 N–H and O–H groups in total. The van der Waals surface area contributed by atoms with Gasteiger partial charge in [-0.2, -0.15) is 17.8 Å². The second-order valence-electron chi connectivity index (χ2n) is 10.7. The molecule has 8 nitrogen and oxygen atoms in total. The molecule has 6 aromatic rings. The van der Waals surface area contributed by atoms with Crippen molar-refractivity contribution in [2.24, 2.45) is 0 Å². The molecule has 10 heteroatoms. The number of hydrogen-bond acceptors (Lipinski definition) is 6. The molecular weight excluding hydrogens is 590 g/mol. The van der Waals surface area contributed by atoms with Crippen LogP contribution in [0.4, 0.5) is 0 Å². The number of rotatable bonds is 11. The van der Waals surface area contributed by atoms with Crippen molar-refractivity contribution in [1.29, 1.82) is 0 Å². The lowest BCUT2D eigenvalue weighted by atomic mass is 9.98. The third-order valence-corrected chi connectivity index (χ3v) is 8.35. The quantitative estimate of drug-likeness (QED) is 0.138. The number of carbonyl (C=O) groups excluding carboxylic acids is 1. The zero-order valence-electron chi connectivity index (χ0n) is 24.2. The Bertz CT molecular complexity index is 1870. The van der Waals surface area contributed by atoms with Gasteiger partial charge in [0.05, 0.1) is 10.5 Å². The van der Waals surface area contributed by atoms with E-state index in [9.17, 15) is 4.79 Å². The topological polar surface area (TPSA) is 101 Å². The summed E-state index contributed by atoms with van der Waals surface area (Å²) < 4.78 is 2.17. The van der Waals surface area contributed by atoms with E-state index in [4.69, 9.17) is 16.6 Å². The summed E-state index contributed by atoms with van der Waals surface area (Å²) in [4.78, 5) is 18.3. The fourth-order valence-electron chi connectivity index (χ4n) is 5.46. The summed E-state index contributed by atoms with van der Waals surface area (Å²) in [5.74, 6) is 1.82. The van der Waals surface area contributed by atoms with Crippen LogP contribution in [-0.2, 0) is 19.4 Å². The predicted molar refractivity (Wildman–Crippen MR) is 178 cm³/mol. The Labute approximate surface area is 266 Å². The van der Waals surface area contributed by atoms with Gasteiger partial charge < -0.3 is 9.88 Å². The lowest BCUT2D eigenvalue weighted by Gasteiger charge is -2.17. The molecule has 0 saturated carbocycles. The van der Waals surface area contributed by atoms with Gasteiger partial charge >= 0.3 is 0 Å². The van der Waals surface area contributed by atoms with Crippen molar-refractivity contribution in [2.45, 2.75) is 38.8 Å². The highest BCUT2D eigenvalue weighted by Crippen LogP contribution is 2.31. The minimum absolute atomic E-state index is 0.119. The van der Waals surface area contributed by atoms with Gasteiger partial charge in [0.1, 0.15) is 11.3 Å². The molecule has 44 heavy (non-hydrogen) atoms. The third-order valence-electron chi connectivity index (χ3n) is 7.62. The summed E-state index contributed by atoms with van der Waals surface area (Å²) in [7, 11) is 0. The van der Waals surface area contributed by atoms with Crippen LogP contribution in [-0.4, -0.2) is 47.9 Å². The molecule has 1 amide bonds. The highest BCUT2D eigenvalue weighted by molar-refractivity contribution is 7.80. The number of nitrogens with zero attached hydrogens (tertiary/aromatic N) is 5. The van der Waals surface area contributed by atoms with Gasteiger partial charge in [-0.3, -0.25) is 4.79 Å². The number of imidazole rings is 1. The molecule has 1 atom stereocenters. The molecule has 0 saturated heterocycles. The fraction of sp³-hybridized carbons (Fsp3) is 0.206. The number of aromatic nitrogens is 6. The first-order valence-corrected chi connectivity index (χ1v) is 15.6. The smallest absolute Gasteiger partial charge is 0.251 e. The lowest BCUT2D eigenvalue weighted by molar-refractivity contribution is 0.0941. The molecule has 0 aliphatic carbocycles. The molecule has 6 rings (SSSR count). The lowest BCUT2D eigenvalue weighted by Crippen LogP contribution is -2.37. The van der Waals surface area contributed by atoms with Gasteiger partial charge in [0.25, 0.3) is 5.91 Å². The first-order chi connectivity index (χ1) is 21.5. The number of aryl methyl sites for hydroxylation is 1. The first-order valence-electron chi connectivity index (χ1n) is 14.6. The van der Waals surface area contributed by atoms with E-state index in [1.54, 1.807) is 6.07 Å². The molecule has 2 heterocycles. The summed E-state index contributed by atoms with van der Waals surface area (Å²) in [5.41, 5.74) is 7.27. The number of H-pyrrole nitrogens is 1. The Morgan fingerprint density at radius 2 is 1.73 bits per heavy atom. The Hall–Kier alpha value is -4.47. The Balaban J connectivity index is 1.28. The van der Waals surface area contributed by atoms with Crippen molar-refractivity contribution in [2.75, 3.05) is 5.75 Å². The monoisotopic (exact) mass is 621 g/mol. The van der Waals surface area contributed by atoms with Gasteiger partial charge in [0.15, 0.2) is 0 Å². The predicted octanol–water partition coefficient (Wildman–Crippen LogP) is 6.81. The molecule has 0 spiro atoms. The van der Waals surface area contributed by atoms with Gasteiger partial charge in [-0.1, -0.05) is 97.4 Å². The average molecular weight is 622 g/mol. The van der Waals surface area contributed by atoms with Gasteiger partial charge in [-0.15, -0.1) is 10.2 Å². The maximum absolute atomic E-state index is 13.4.